The first kappa shape index (κ1) is 11.6. The van der Waals surface area contributed by atoms with Crippen molar-refractivity contribution in [2.75, 3.05) is 0 Å². The van der Waals surface area contributed by atoms with Crippen LogP contribution in [0.4, 0.5) is 0 Å². The van der Waals surface area contributed by atoms with E-state index in [2.05, 4.69) is 4.98 Å². The Morgan fingerprint density at radius 3 is 2.41 bits per heavy atom. The molecule has 2 aromatic rings. The fraction of sp³-hybridized carbons (Fsp3) is 0.286. The maximum Gasteiger partial charge on any atom is 0.242 e. The number of benzene rings is 1. The Bertz CT molecular complexity index is 526. The second-order valence-corrected chi connectivity index (χ2v) is 4.64. The molecule has 1 aromatic carbocycles. The van der Waals surface area contributed by atoms with Gasteiger partial charge in [0.15, 0.2) is 0 Å². The first-order valence-electron chi connectivity index (χ1n) is 5.64. The Morgan fingerprint density at radius 2 is 1.88 bits per heavy atom. The summed E-state index contributed by atoms with van der Waals surface area (Å²) in [5, 5.41) is 0. The molecule has 0 fully saturated rings. The first-order chi connectivity index (χ1) is 8.03. The molecule has 3 heteroatoms. The highest BCUT2D eigenvalue weighted by Crippen LogP contribution is 2.25. The van der Waals surface area contributed by atoms with Gasteiger partial charge in [0.1, 0.15) is 5.82 Å². The molecule has 0 saturated heterocycles. The normalized spacial score (nSPS) is 11.5. The molecule has 17 heavy (non-hydrogen) atoms. The number of hydrogen-bond donors (Lipinski definition) is 0. The number of carbonyl (C=O) groups excluding carboxylic acids is 1. The molecule has 0 spiro atoms. The van der Waals surface area contributed by atoms with Gasteiger partial charge < -0.3 is 0 Å². The Hall–Kier alpha value is -1.90. The minimum Gasteiger partial charge on any atom is -0.273 e. The molecule has 0 aliphatic heterocycles. The second-order valence-electron chi connectivity index (χ2n) is 4.64. The fourth-order valence-electron chi connectivity index (χ4n) is 1.87. The molecule has 0 saturated carbocycles. The van der Waals surface area contributed by atoms with Crippen molar-refractivity contribution in [1.29, 1.82) is 0 Å². The van der Waals surface area contributed by atoms with Gasteiger partial charge in [-0.2, -0.15) is 0 Å². The molecule has 0 aliphatic carbocycles. The van der Waals surface area contributed by atoms with E-state index in [4.69, 9.17) is 0 Å². The lowest BCUT2D eigenvalue weighted by atomic mass is 9.83. The molecule has 1 aromatic heterocycles. The number of hydrogen-bond acceptors (Lipinski definition) is 2. The Morgan fingerprint density at radius 1 is 1.24 bits per heavy atom. The van der Waals surface area contributed by atoms with Crippen molar-refractivity contribution in [1.82, 2.24) is 9.55 Å². The van der Waals surface area contributed by atoms with Crippen molar-refractivity contribution >= 4 is 5.91 Å². The number of imidazole rings is 1. The summed E-state index contributed by atoms with van der Waals surface area (Å²) >= 11 is 0. The lowest BCUT2D eigenvalue weighted by molar-refractivity contribution is 0.0819. The molecule has 2 rings (SSSR count). The molecule has 88 valence electrons. The van der Waals surface area contributed by atoms with Crippen molar-refractivity contribution in [3.8, 4) is 0 Å². The van der Waals surface area contributed by atoms with Crippen LogP contribution in [0.5, 0.6) is 0 Å². The van der Waals surface area contributed by atoms with Gasteiger partial charge in [-0.15, -0.1) is 0 Å². The zero-order chi connectivity index (χ0) is 12.5. The van der Waals surface area contributed by atoms with Crippen LogP contribution < -0.4 is 0 Å². The minimum atomic E-state index is -0.549. The lowest BCUT2D eigenvalue weighted by Crippen LogP contribution is -2.34. The van der Waals surface area contributed by atoms with E-state index in [1.54, 1.807) is 17.0 Å². The van der Waals surface area contributed by atoms with Gasteiger partial charge in [-0.1, -0.05) is 30.3 Å². The second kappa shape index (κ2) is 4.17. The van der Waals surface area contributed by atoms with Crippen molar-refractivity contribution in [2.45, 2.75) is 26.2 Å². The smallest absolute Gasteiger partial charge is 0.242 e. The van der Waals surface area contributed by atoms with Crippen LogP contribution in [0.2, 0.25) is 0 Å². The topological polar surface area (TPSA) is 34.9 Å². The lowest BCUT2D eigenvalue weighted by Gasteiger charge is -2.24. The highest BCUT2D eigenvalue weighted by molar-refractivity contribution is 5.89. The summed E-state index contributed by atoms with van der Waals surface area (Å²) in [6.07, 6.45) is 3.36. The molecule has 1 heterocycles. The van der Waals surface area contributed by atoms with Gasteiger partial charge in [-0.25, -0.2) is 4.98 Å². The van der Waals surface area contributed by atoms with E-state index in [9.17, 15) is 4.79 Å². The van der Waals surface area contributed by atoms with Crippen LogP contribution in [-0.2, 0) is 5.41 Å². The van der Waals surface area contributed by atoms with E-state index in [1.165, 1.54) is 0 Å². The number of rotatable bonds is 2. The Kier molecular flexibility index (Phi) is 2.84. The van der Waals surface area contributed by atoms with Gasteiger partial charge in [-0.05, 0) is 26.3 Å². The zero-order valence-electron chi connectivity index (χ0n) is 10.3. The van der Waals surface area contributed by atoms with Gasteiger partial charge in [0.05, 0.1) is 5.41 Å². The molecule has 0 N–H and O–H groups in total. The maximum absolute atomic E-state index is 12.5. The third-order valence-electron chi connectivity index (χ3n) is 3.07. The van der Waals surface area contributed by atoms with Gasteiger partial charge in [0, 0.05) is 12.4 Å². The van der Waals surface area contributed by atoms with Crippen LogP contribution in [0.1, 0.15) is 30.0 Å². The Balaban J connectivity index is 2.40. The molecule has 0 radical (unpaired) electrons. The molecule has 0 bridgehead atoms. The summed E-state index contributed by atoms with van der Waals surface area (Å²) in [6.45, 7) is 5.70. The maximum atomic E-state index is 12.5. The Labute approximate surface area is 101 Å². The van der Waals surface area contributed by atoms with Crippen LogP contribution in [0.3, 0.4) is 0 Å². The van der Waals surface area contributed by atoms with E-state index in [1.807, 2.05) is 51.1 Å². The number of aromatic nitrogens is 2. The molecular weight excluding hydrogens is 212 g/mol. The van der Waals surface area contributed by atoms with Crippen LogP contribution >= 0.6 is 0 Å². The zero-order valence-corrected chi connectivity index (χ0v) is 10.3. The average Bonchev–Trinajstić information content (AvgIpc) is 2.75. The number of aryl methyl sites for hydroxylation is 1. The average molecular weight is 228 g/mol. The highest BCUT2D eigenvalue weighted by Gasteiger charge is 2.31. The summed E-state index contributed by atoms with van der Waals surface area (Å²) in [5.41, 5.74) is 0.463. The molecule has 0 aliphatic rings. The fourth-order valence-corrected chi connectivity index (χ4v) is 1.87. The molecule has 3 nitrogen and oxygen atoms in total. The quantitative estimate of drug-likeness (QED) is 0.792. The van der Waals surface area contributed by atoms with Crippen LogP contribution in [0, 0.1) is 6.92 Å². The highest BCUT2D eigenvalue weighted by atomic mass is 16.2. The third kappa shape index (κ3) is 2.00. The third-order valence-corrected chi connectivity index (χ3v) is 3.07. The van der Waals surface area contributed by atoms with Crippen LogP contribution in [0.15, 0.2) is 42.7 Å². The summed E-state index contributed by atoms with van der Waals surface area (Å²) in [7, 11) is 0. The molecule has 0 amide bonds. The largest absolute Gasteiger partial charge is 0.273 e. The monoisotopic (exact) mass is 228 g/mol. The summed E-state index contributed by atoms with van der Waals surface area (Å²) < 4.78 is 1.60. The van der Waals surface area contributed by atoms with Crippen LogP contribution in [-0.4, -0.2) is 15.5 Å². The molecular formula is C14H16N2O. The van der Waals surface area contributed by atoms with Crippen molar-refractivity contribution in [3.05, 3.63) is 54.1 Å². The van der Waals surface area contributed by atoms with E-state index in [0.717, 1.165) is 11.4 Å². The summed E-state index contributed by atoms with van der Waals surface area (Å²) in [5.74, 6) is 0.762. The van der Waals surface area contributed by atoms with Crippen molar-refractivity contribution in [3.63, 3.8) is 0 Å². The molecule has 0 atom stereocenters. The SMILES string of the molecule is Cc1nccn1C(=O)C(C)(C)c1ccccc1. The van der Waals surface area contributed by atoms with E-state index < -0.39 is 5.41 Å². The minimum absolute atomic E-state index is 0.0405. The summed E-state index contributed by atoms with van der Waals surface area (Å²) in [4.78, 5) is 16.6. The predicted octanol–water partition coefficient (Wildman–Crippen LogP) is 2.81. The van der Waals surface area contributed by atoms with E-state index >= 15 is 0 Å². The molecule has 0 unspecified atom stereocenters. The number of carbonyl (C=O) groups is 1. The van der Waals surface area contributed by atoms with E-state index in [0.29, 0.717) is 0 Å². The number of nitrogens with zero attached hydrogens (tertiary/aromatic N) is 2. The standard InChI is InChI=1S/C14H16N2O/c1-11-15-9-10-16(11)13(17)14(2,3)12-7-5-4-6-8-12/h4-10H,1-3H3. The van der Waals surface area contributed by atoms with Gasteiger partial charge >= 0.3 is 0 Å². The van der Waals surface area contributed by atoms with E-state index in [-0.39, 0.29) is 5.91 Å². The van der Waals surface area contributed by atoms with Crippen molar-refractivity contribution < 1.29 is 4.79 Å². The predicted molar refractivity (Wildman–Crippen MR) is 67.1 cm³/mol. The van der Waals surface area contributed by atoms with Gasteiger partial charge in [-0.3, -0.25) is 9.36 Å². The van der Waals surface area contributed by atoms with Crippen molar-refractivity contribution in [2.24, 2.45) is 0 Å². The first-order valence-corrected chi connectivity index (χ1v) is 5.64. The van der Waals surface area contributed by atoms with Gasteiger partial charge in [0.2, 0.25) is 5.91 Å². The summed E-state index contributed by atoms with van der Waals surface area (Å²) in [6, 6.07) is 9.80. The van der Waals surface area contributed by atoms with Gasteiger partial charge in [0.25, 0.3) is 0 Å². The van der Waals surface area contributed by atoms with Crippen LogP contribution in [0.25, 0.3) is 0 Å².